The number of amides is 1. The van der Waals surface area contributed by atoms with Crippen LogP contribution >= 0.6 is 0 Å². The van der Waals surface area contributed by atoms with Crippen LogP contribution in [-0.4, -0.2) is 22.2 Å². The van der Waals surface area contributed by atoms with Crippen LogP contribution in [0.3, 0.4) is 0 Å². The van der Waals surface area contributed by atoms with Gasteiger partial charge in [-0.3, -0.25) is 4.79 Å². The number of carbonyl (C=O) groups excluding carboxylic acids is 1. The number of anilines is 1. The highest BCUT2D eigenvalue weighted by molar-refractivity contribution is 5.90. The van der Waals surface area contributed by atoms with E-state index in [1.807, 2.05) is 38.1 Å². The first-order valence-corrected chi connectivity index (χ1v) is 6.88. The number of ether oxygens (including phenoxy) is 1. The smallest absolute Gasteiger partial charge is 0.227 e. The first kappa shape index (κ1) is 15.0. The van der Waals surface area contributed by atoms with Gasteiger partial charge < -0.3 is 14.6 Å². The summed E-state index contributed by atoms with van der Waals surface area (Å²) < 4.78 is 10.5. The SMILES string of the molecule is Cc1noc(CCC(=O)Nc2ccc(OC(C)C)cc2)n1. The van der Waals surface area contributed by atoms with Gasteiger partial charge in [0.2, 0.25) is 11.8 Å². The van der Waals surface area contributed by atoms with E-state index in [9.17, 15) is 4.79 Å². The topological polar surface area (TPSA) is 77.2 Å². The molecular formula is C15H19N3O3. The summed E-state index contributed by atoms with van der Waals surface area (Å²) in [5.41, 5.74) is 0.734. The highest BCUT2D eigenvalue weighted by atomic mass is 16.5. The molecule has 1 amide bonds. The van der Waals surface area contributed by atoms with Crippen molar-refractivity contribution < 1.29 is 14.1 Å². The molecule has 0 atom stereocenters. The van der Waals surface area contributed by atoms with Crippen LogP contribution < -0.4 is 10.1 Å². The van der Waals surface area contributed by atoms with Gasteiger partial charge in [-0.15, -0.1) is 0 Å². The van der Waals surface area contributed by atoms with Crippen LogP contribution in [0.25, 0.3) is 0 Å². The zero-order valence-electron chi connectivity index (χ0n) is 12.4. The summed E-state index contributed by atoms with van der Waals surface area (Å²) in [5.74, 6) is 1.74. The fourth-order valence-corrected chi connectivity index (χ4v) is 1.77. The second kappa shape index (κ2) is 6.88. The van der Waals surface area contributed by atoms with Crippen LogP contribution in [0.4, 0.5) is 5.69 Å². The Kier molecular flexibility index (Phi) is 4.92. The molecule has 0 spiro atoms. The fourth-order valence-electron chi connectivity index (χ4n) is 1.77. The molecule has 0 unspecified atom stereocenters. The Morgan fingerprint density at radius 1 is 1.33 bits per heavy atom. The van der Waals surface area contributed by atoms with E-state index in [0.29, 0.717) is 24.6 Å². The van der Waals surface area contributed by atoms with Crippen LogP contribution in [0.2, 0.25) is 0 Å². The molecular weight excluding hydrogens is 270 g/mol. The quantitative estimate of drug-likeness (QED) is 0.884. The second-order valence-electron chi connectivity index (χ2n) is 4.97. The van der Waals surface area contributed by atoms with Gasteiger partial charge in [0, 0.05) is 18.5 Å². The molecule has 0 aliphatic heterocycles. The third-order valence-corrected chi connectivity index (χ3v) is 2.65. The van der Waals surface area contributed by atoms with E-state index in [-0.39, 0.29) is 12.0 Å². The van der Waals surface area contributed by atoms with Crippen molar-refractivity contribution in [2.24, 2.45) is 0 Å². The highest BCUT2D eigenvalue weighted by Crippen LogP contribution is 2.17. The lowest BCUT2D eigenvalue weighted by Crippen LogP contribution is -2.12. The van der Waals surface area contributed by atoms with Gasteiger partial charge in [0.05, 0.1) is 6.10 Å². The van der Waals surface area contributed by atoms with Crippen LogP contribution in [-0.2, 0) is 11.2 Å². The lowest BCUT2D eigenvalue weighted by molar-refractivity contribution is -0.116. The molecule has 1 N–H and O–H groups in total. The standard InChI is InChI=1S/C15H19N3O3/c1-10(2)20-13-6-4-12(5-7-13)17-14(19)8-9-15-16-11(3)18-21-15/h4-7,10H,8-9H2,1-3H3,(H,17,19). The Morgan fingerprint density at radius 3 is 2.62 bits per heavy atom. The number of hydrogen-bond donors (Lipinski definition) is 1. The minimum absolute atomic E-state index is 0.0941. The summed E-state index contributed by atoms with van der Waals surface area (Å²) in [7, 11) is 0. The number of aryl methyl sites for hydroxylation is 2. The number of nitrogens with one attached hydrogen (secondary N) is 1. The van der Waals surface area contributed by atoms with Gasteiger partial charge in [0.15, 0.2) is 5.82 Å². The number of benzene rings is 1. The molecule has 2 rings (SSSR count). The van der Waals surface area contributed by atoms with Crippen LogP contribution in [0.5, 0.6) is 5.75 Å². The lowest BCUT2D eigenvalue weighted by Gasteiger charge is -2.10. The zero-order valence-corrected chi connectivity index (χ0v) is 12.4. The number of nitrogens with zero attached hydrogens (tertiary/aromatic N) is 2. The molecule has 1 aromatic heterocycles. The average molecular weight is 289 g/mol. The number of rotatable bonds is 6. The van der Waals surface area contributed by atoms with Crippen molar-refractivity contribution in [3.8, 4) is 5.75 Å². The van der Waals surface area contributed by atoms with Crippen molar-refractivity contribution >= 4 is 11.6 Å². The molecule has 0 aliphatic rings. The molecule has 0 aliphatic carbocycles. The summed E-state index contributed by atoms with van der Waals surface area (Å²) in [5, 5.41) is 6.50. The molecule has 0 radical (unpaired) electrons. The molecule has 6 nitrogen and oxygen atoms in total. The van der Waals surface area contributed by atoms with E-state index in [1.54, 1.807) is 6.92 Å². The first-order valence-electron chi connectivity index (χ1n) is 6.88. The number of aromatic nitrogens is 2. The van der Waals surface area contributed by atoms with Crippen LogP contribution in [0.15, 0.2) is 28.8 Å². The molecule has 0 saturated carbocycles. The van der Waals surface area contributed by atoms with Gasteiger partial charge in [-0.05, 0) is 45.0 Å². The minimum Gasteiger partial charge on any atom is -0.491 e. The molecule has 0 saturated heterocycles. The normalized spacial score (nSPS) is 10.7. The number of carbonyl (C=O) groups is 1. The largest absolute Gasteiger partial charge is 0.491 e. The maximum atomic E-state index is 11.8. The van der Waals surface area contributed by atoms with Crippen molar-refractivity contribution in [2.75, 3.05) is 5.32 Å². The summed E-state index contributed by atoms with van der Waals surface area (Å²) in [4.78, 5) is 15.9. The summed E-state index contributed by atoms with van der Waals surface area (Å²) in [6.07, 6.45) is 0.857. The second-order valence-corrected chi connectivity index (χ2v) is 4.97. The van der Waals surface area contributed by atoms with E-state index in [4.69, 9.17) is 9.26 Å². The molecule has 0 bridgehead atoms. The van der Waals surface area contributed by atoms with Gasteiger partial charge in [0.1, 0.15) is 5.75 Å². The first-order chi connectivity index (χ1) is 10.0. The summed E-state index contributed by atoms with van der Waals surface area (Å²) in [6, 6.07) is 7.28. The van der Waals surface area contributed by atoms with Gasteiger partial charge in [-0.1, -0.05) is 5.16 Å². The fraction of sp³-hybridized carbons (Fsp3) is 0.400. The molecule has 21 heavy (non-hydrogen) atoms. The van der Waals surface area contributed by atoms with E-state index in [2.05, 4.69) is 15.5 Å². The Morgan fingerprint density at radius 2 is 2.05 bits per heavy atom. The highest BCUT2D eigenvalue weighted by Gasteiger charge is 2.08. The van der Waals surface area contributed by atoms with Crippen LogP contribution in [0, 0.1) is 6.92 Å². The monoisotopic (exact) mass is 289 g/mol. The molecule has 0 fully saturated rings. The predicted molar refractivity (Wildman–Crippen MR) is 78.2 cm³/mol. The van der Waals surface area contributed by atoms with Crippen molar-refractivity contribution in [3.05, 3.63) is 36.0 Å². The summed E-state index contributed by atoms with van der Waals surface area (Å²) >= 11 is 0. The molecule has 2 aromatic rings. The summed E-state index contributed by atoms with van der Waals surface area (Å²) in [6.45, 7) is 5.68. The Labute approximate surface area is 123 Å². The predicted octanol–water partition coefficient (Wildman–Crippen LogP) is 2.74. The average Bonchev–Trinajstić information content (AvgIpc) is 2.84. The van der Waals surface area contributed by atoms with Gasteiger partial charge >= 0.3 is 0 Å². The van der Waals surface area contributed by atoms with Crippen molar-refractivity contribution in [1.29, 1.82) is 0 Å². The minimum atomic E-state index is -0.0941. The van der Waals surface area contributed by atoms with Crippen molar-refractivity contribution in [1.82, 2.24) is 10.1 Å². The maximum absolute atomic E-state index is 11.8. The van der Waals surface area contributed by atoms with Gasteiger partial charge in [-0.25, -0.2) is 0 Å². The third-order valence-electron chi connectivity index (χ3n) is 2.65. The Hall–Kier alpha value is -2.37. The maximum Gasteiger partial charge on any atom is 0.227 e. The van der Waals surface area contributed by atoms with Gasteiger partial charge in [0.25, 0.3) is 0 Å². The zero-order chi connectivity index (χ0) is 15.2. The van der Waals surface area contributed by atoms with E-state index in [1.165, 1.54) is 0 Å². The molecule has 1 aromatic carbocycles. The van der Waals surface area contributed by atoms with Crippen LogP contribution in [0.1, 0.15) is 32.0 Å². The van der Waals surface area contributed by atoms with Gasteiger partial charge in [-0.2, -0.15) is 4.98 Å². The molecule has 6 heteroatoms. The van der Waals surface area contributed by atoms with Crippen molar-refractivity contribution in [3.63, 3.8) is 0 Å². The lowest BCUT2D eigenvalue weighted by atomic mass is 10.2. The van der Waals surface area contributed by atoms with Crippen molar-refractivity contribution in [2.45, 2.75) is 39.7 Å². The third kappa shape index (κ3) is 4.91. The molecule has 1 heterocycles. The Balaban J connectivity index is 1.82. The van der Waals surface area contributed by atoms with E-state index >= 15 is 0 Å². The molecule has 112 valence electrons. The Bertz CT molecular complexity index is 590. The van der Waals surface area contributed by atoms with E-state index < -0.39 is 0 Å². The number of hydrogen-bond acceptors (Lipinski definition) is 5. The van der Waals surface area contributed by atoms with E-state index in [0.717, 1.165) is 11.4 Å².